The molecule has 1 aliphatic heterocycles. The van der Waals surface area contributed by atoms with E-state index in [4.69, 9.17) is 4.74 Å². The second-order valence-electron chi connectivity index (χ2n) is 8.81. The summed E-state index contributed by atoms with van der Waals surface area (Å²) in [6.07, 6.45) is 3.28. The molecule has 0 atom stereocenters. The molecule has 1 aromatic heterocycles. The first-order valence-corrected chi connectivity index (χ1v) is 12.3. The van der Waals surface area contributed by atoms with Crippen molar-refractivity contribution in [1.29, 1.82) is 0 Å². The van der Waals surface area contributed by atoms with Gasteiger partial charge in [0, 0.05) is 61.1 Å². The Kier molecular flexibility index (Phi) is 7.41. The molecule has 0 bridgehead atoms. The number of benzene rings is 3. The number of hydrogen-bond donors (Lipinski definition) is 1. The van der Waals surface area contributed by atoms with Crippen LogP contribution in [0.15, 0.2) is 103 Å². The lowest BCUT2D eigenvalue weighted by Gasteiger charge is -2.36. The Morgan fingerprint density at radius 2 is 1.43 bits per heavy atom. The lowest BCUT2D eigenvalue weighted by molar-refractivity contribution is 0.0746. The maximum absolute atomic E-state index is 12.7. The molecule has 0 saturated carbocycles. The number of nitrogens with one attached hydrogen (secondary N) is 1. The predicted octanol–water partition coefficient (Wildman–Crippen LogP) is 4.88. The molecule has 7 nitrogen and oxygen atoms in total. The highest BCUT2D eigenvalue weighted by Gasteiger charge is 2.22. The van der Waals surface area contributed by atoms with Gasteiger partial charge in [-0.15, -0.1) is 0 Å². The Labute approximate surface area is 216 Å². The third-order valence-electron chi connectivity index (χ3n) is 6.35. The van der Waals surface area contributed by atoms with Crippen LogP contribution in [0.4, 0.5) is 11.4 Å². The molecular weight excluding hydrogens is 464 g/mol. The molecule has 4 aromatic rings. The van der Waals surface area contributed by atoms with Crippen molar-refractivity contribution in [3.8, 4) is 5.75 Å². The summed E-state index contributed by atoms with van der Waals surface area (Å²) in [5.41, 5.74) is 4.11. The Morgan fingerprint density at radius 1 is 0.757 bits per heavy atom. The van der Waals surface area contributed by atoms with E-state index in [9.17, 15) is 9.59 Å². The fourth-order valence-electron chi connectivity index (χ4n) is 4.25. The standard InChI is InChI=1S/C30H28N4O3/c35-29(24-6-12-28(13-7-24)37-22-23-4-2-1-3-5-23)32-26-8-10-27(11-9-26)33-18-20-34(21-19-33)30(36)25-14-16-31-17-15-25/h1-17H,18-22H2,(H,32,35). The minimum absolute atomic E-state index is 0.0379. The largest absolute Gasteiger partial charge is 0.489 e. The molecule has 186 valence electrons. The van der Waals surface area contributed by atoms with E-state index in [2.05, 4.69) is 15.2 Å². The van der Waals surface area contributed by atoms with E-state index in [1.165, 1.54) is 0 Å². The van der Waals surface area contributed by atoms with Crippen molar-refractivity contribution in [2.24, 2.45) is 0 Å². The SMILES string of the molecule is O=C(Nc1ccc(N2CCN(C(=O)c3ccncc3)CC2)cc1)c1ccc(OCc2ccccc2)cc1. The maximum Gasteiger partial charge on any atom is 0.255 e. The molecule has 7 heteroatoms. The average molecular weight is 493 g/mol. The second kappa shape index (κ2) is 11.4. The first-order valence-electron chi connectivity index (χ1n) is 12.3. The van der Waals surface area contributed by atoms with Crippen molar-refractivity contribution in [1.82, 2.24) is 9.88 Å². The van der Waals surface area contributed by atoms with Gasteiger partial charge in [0.05, 0.1) is 0 Å². The van der Waals surface area contributed by atoms with Gasteiger partial charge in [0.15, 0.2) is 0 Å². The van der Waals surface area contributed by atoms with Crippen LogP contribution in [0.3, 0.4) is 0 Å². The molecule has 2 amide bonds. The molecule has 3 aromatic carbocycles. The van der Waals surface area contributed by atoms with Crippen LogP contribution in [-0.2, 0) is 6.61 Å². The van der Waals surface area contributed by atoms with E-state index in [-0.39, 0.29) is 11.8 Å². The van der Waals surface area contributed by atoms with Crippen LogP contribution in [0.5, 0.6) is 5.75 Å². The van der Waals surface area contributed by atoms with Crippen LogP contribution in [0.1, 0.15) is 26.3 Å². The van der Waals surface area contributed by atoms with Gasteiger partial charge in [0.2, 0.25) is 0 Å². The Bertz CT molecular complexity index is 1320. The summed E-state index contributed by atoms with van der Waals surface area (Å²) < 4.78 is 5.80. The van der Waals surface area contributed by atoms with Crippen molar-refractivity contribution in [2.75, 3.05) is 36.4 Å². The summed E-state index contributed by atoms with van der Waals surface area (Å²) in [7, 11) is 0. The minimum Gasteiger partial charge on any atom is -0.489 e. The third kappa shape index (κ3) is 6.13. The van der Waals surface area contributed by atoms with Gasteiger partial charge in [0.1, 0.15) is 12.4 Å². The van der Waals surface area contributed by atoms with Crippen LogP contribution in [-0.4, -0.2) is 47.9 Å². The highest BCUT2D eigenvalue weighted by molar-refractivity contribution is 6.04. The third-order valence-corrected chi connectivity index (χ3v) is 6.35. The van der Waals surface area contributed by atoms with Crippen LogP contribution in [0.2, 0.25) is 0 Å². The van der Waals surface area contributed by atoms with Gasteiger partial charge >= 0.3 is 0 Å². The topological polar surface area (TPSA) is 74.8 Å². The average Bonchev–Trinajstić information content (AvgIpc) is 2.97. The Hall–Kier alpha value is -4.65. The lowest BCUT2D eigenvalue weighted by atomic mass is 10.1. The zero-order valence-electron chi connectivity index (χ0n) is 20.4. The smallest absolute Gasteiger partial charge is 0.255 e. The fourth-order valence-corrected chi connectivity index (χ4v) is 4.25. The fraction of sp³-hybridized carbons (Fsp3) is 0.167. The maximum atomic E-state index is 12.7. The molecule has 1 aliphatic rings. The number of nitrogens with zero attached hydrogens (tertiary/aromatic N) is 3. The van der Waals surface area contributed by atoms with Gasteiger partial charge < -0.3 is 19.9 Å². The van der Waals surface area contributed by atoms with E-state index in [0.717, 1.165) is 30.0 Å². The van der Waals surface area contributed by atoms with Gasteiger partial charge in [-0.05, 0) is 66.2 Å². The number of carbonyl (C=O) groups is 2. The highest BCUT2D eigenvalue weighted by Crippen LogP contribution is 2.21. The molecule has 2 heterocycles. The van der Waals surface area contributed by atoms with Crippen LogP contribution in [0.25, 0.3) is 0 Å². The molecule has 37 heavy (non-hydrogen) atoms. The zero-order chi connectivity index (χ0) is 25.5. The number of piperazine rings is 1. The van der Waals surface area contributed by atoms with Crippen molar-refractivity contribution >= 4 is 23.2 Å². The first kappa shape index (κ1) is 24.1. The molecule has 5 rings (SSSR count). The minimum atomic E-state index is -0.175. The second-order valence-corrected chi connectivity index (χ2v) is 8.81. The van der Waals surface area contributed by atoms with E-state index in [1.54, 1.807) is 48.8 Å². The van der Waals surface area contributed by atoms with Gasteiger partial charge in [-0.3, -0.25) is 14.6 Å². The predicted molar refractivity (Wildman–Crippen MR) is 144 cm³/mol. The van der Waals surface area contributed by atoms with Gasteiger partial charge in [-0.2, -0.15) is 0 Å². The number of pyridine rings is 1. The normalized spacial score (nSPS) is 13.2. The van der Waals surface area contributed by atoms with Gasteiger partial charge in [-0.1, -0.05) is 30.3 Å². The van der Waals surface area contributed by atoms with E-state index < -0.39 is 0 Å². The highest BCUT2D eigenvalue weighted by atomic mass is 16.5. The van der Waals surface area contributed by atoms with E-state index >= 15 is 0 Å². The molecule has 0 radical (unpaired) electrons. The van der Waals surface area contributed by atoms with Crippen molar-refractivity contribution < 1.29 is 14.3 Å². The Balaban J connectivity index is 1.11. The summed E-state index contributed by atoms with van der Waals surface area (Å²) in [5, 5.41) is 2.95. The molecule has 0 unspecified atom stereocenters. The molecule has 0 spiro atoms. The number of hydrogen-bond acceptors (Lipinski definition) is 5. The van der Waals surface area contributed by atoms with Crippen molar-refractivity contribution in [3.63, 3.8) is 0 Å². The number of rotatable bonds is 7. The van der Waals surface area contributed by atoms with Crippen LogP contribution in [0, 0.1) is 0 Å². The molecule has 1 N–H and O–H groups in total. The van der Waals surface area contributed by atoms with Crippen LogP contribution >= 0.6 is 0 Å². The van der Waals surface area contributed by atoms with Crippen molar-refractivity contribution in [3.05, 3.63) is 120 Å². The Morgan fingerprint density at radius 3 is 2.11 bits per heavy atom. The number of amides is 2. The number of anilines is 2. The summed E-state index contributed by atoms with van der Waals surface area (Å²) in [6, 6.07) is 28.4. The summed E-state index contributed by atoms with van der Waals surface area (Å²) in [6.45, 7) is 3.30. The summed E-state index contributed by atoms with van der Waals surface area (Å²) in [4.78, 5) is 33.5. The number of aromatic nitrogens is 1. The first-order chi connectivity index (χ1) is 18.2. The molecule has 1 saturated heterocycles. The van der Waals surface area contributed by atoms with Crippen LogP contribution < -0.4 is 15.0 Å². The molecule has 1 fully saturated rings. The quantitative estimate of drug-likeness (QED) is 0.398. The van der Waals surface area contributed by atoms with Gasteiger partial charge in [-0.25, -0.2) is 0 Å². The lowest BCUT2D eigenvalue weighted by Crippen LogP contribution is -2.48. The summed E-state index contributed by atoms with van der Waals surface area (Å²) in [5.74, 6) is 0.578. The van der Waals surface area contributed by atoms with E-state index in [1.807, 2.05) is 59.5 Å². The monoisotopic (exact) mass is 492 g/mol. The zero-order valence-corrected chi connectivity index (χ0v) is 20.4. The molecule has 0 aliphatic carbocycles. The van der Waals surface area contributed by atoms with Gasteiger partial charge in [0.25, 0.3) is 11.8 Å². The number of carbonyl (C=O) groups excluding carboxylic acids is 2. The molecular formula is C30H28N4O3. The van der Waals surface area contributed by atoms with Crippen molar-refractivity contribution in [2.45, 2.75) is 6.61 Å². The number of ether oxygens (including phenoxy) is 1. The van der Waals surface area contributed by atoms with E-state index in [0.29, 0.717) is 36.6 Å². The summed E-state index contributed by atoms with van der Waals surface area (Å²) >= 11 is 0.